The van der Waals surface area contributed by atoms with E-state index in [0.29, 0.717) is 22.8 Å². The summed E-state index contributed by atoms with van der Waals surface area (Å²) in [6.07, 6.45) is 5.03. The van der Waals surface area contributed by atoms with E-state index in [4.69, 9.17) is 17.3 Å². The predicted molar refractivity (Wildman–Crippen MR) is 63.1 cm³/mol. The van der Waals surface area contributed by atoms with Crippen LogP contribution in [0.1, 0.15) is 44.3 Å². The molecule has 0 aromatic carbocycles. The summed E-state index contributed by atoms with van der Waals surface area (Å²) < 4.78 is 1.93. The van der Waals surface area contributed by atoms with Gasteiger partial charge in [-0.3, -0.25) is 0 Å². The van der Waals surface area contributed by atoms with Gasteiger partial charge in [-0.25, -0.2) is 4.68 Å². The Balaban J connectivity index is 2.31. The molecule has 15 heavy (non-hydrogen) atoms. The molecule has 2 rings (SSSR count). The summed E-state index contributed by atoms with van der Waals surface area (Å²) in [6, 6.07) is 0.435. The monoisotopic (exact) mass is 227 g/mol. The number of halogens is 1. The molecule has 1 aliphatic carbocycles. The maximum Gasteiger partial charge on any atom is 0.141 e. The van der Waals surface area contributed by atoms with Gasteiger partial charge in [0.05, 0.1) is 11.7 Å². The largest absolute Gasteiger partial charge is 0.383 e. The Hall–Kier alpha value is -0.700. The maximum atomic E-state index is 6.06. The number of nitrogens with two attached hydrogens (primary N) is 1. The SMILES string of the molecule is Cc1nn(C2CCCCC2C)c(N)c1Cl. The zero-order valence-electron chi connectivity index (χ0n) is 9.33. The minimum Gasteiger partial charge on any atom is -0.383 e. The number of rotatable bonds is 1. The van der Waals surface area contributed by atoms with Gasteiger partial charge in [-0.2, -0.15) is 5.10 Å². The average molecular weight is 228 g/mol. The standard InChI is InChI=1S/C11H18ClN3/c1-7-5-3-4-6-9(7)15-11(13)10(12)8(2)14-15/h7,9H,3-6,13H2,1-2H3. The number of hydrogen-bond donors (Lipinski definition) is 1. The number of aryl methyl sites for hydroxylation is 1. The number of hydrogen-bond acceptors (Lipinski definition) is 2. The fourth-order valence-electron chi connectivity index (χ4n) is 2.46. The van der Waals surface area contributed by atoms with Gasteiger partial charge in [-0.15, -0.1) is 0 Å². The molecule has 4 heteroatoms. The fraction of sp³-hybridized carbons (Fsp3) is 0.727. The first-order valence-electron chi connectivity index (χ1n) is 5.61. The summed E-state index contributed by atoms with van der Waals surface area (Å²) in [5.41, 5.74) is 6.80. The van der Waals surface area contributed by atoms with Crippen molar-refractivity contribution < 1.29 is 0 Å². The van der Waals surface area contributed by atoms with Crippen LogP contribution < -0.4 is 5.73 Å². The Bertz CT molecular complexity index is 359. The Morgan fingerprint density at radius 1 is 1.40 bits per heavy atom. The molecule has 0 radical (unpaired) electrons. The summed E-state index contributed by atoms with van der Waals surface area (Å²) in [5.74, 6) is 1.28. The topological polar surface area (TPSA) is 43.8 Å². The Labute approximate surface area is 95.6 Å². The van der Waals surface area contributed by atoms with E-state index in [2.05, 4.69) is 12.0 Å². The molecule has 84 valence electrons. The van der Waals surface area contributed by atoms with Crippen molar-refractivity contribution in [3.8, 4) is 0 Å². The van der Waals surface area contributed by atoms with E-state index < -0.39 is 0 Å². The van der Waals surface area contributed by atoms with E-state index in [-0.39, 0.29) is 0 Å². The van der Waals surface area contributed by atoms with Gasteiger partial charge in [0, 0.05) is 0 Å². The Morgan fingerprint density at radius 2 is 2.07 bits per heavy atom. The summed E-state index contributed by atoms with van der Waals surface area (Å²) in [6.45, 7) is 4.18. The third-order valence-corrected chi connectivity index (χ3v) is 3.89. The van der Waals surface area contributed by atoms with Crippen molar-refractivity contribution in [3.05, 3.63) is 10.7 Å². The van der Waals surface area contributed by atoms with Crippen molar-refractivity contribution in [3.63, 3.8) is 0 Å². The normalized spacial score (nSPS) is 26.9. The summed E-state index contributed by atoms with van der Waals surface area (Å²) in [7, 11) is 0. The van der Waals surface area contributed by atoms with E-state index in [1.54, 1.807) is 0 Å². The highest BCUT2D eigenvalue weighted by molar-refractivity contribution is 6.33. The zero-order chi connectivity index (χ0) is 11.0. The first-order valence-corrected chi connectivity index (χ1v) is 5.99. The van der Waals surface area contributed by atoms with Crippen LogP contribution in [-0.4, -0.2) is 9.78 Å². The summed E-state index contributed by atoms with van der Waals surface area (Å²) >= 11 is 6.06. The molecule has 2 unspecified atom stereocenters. The van der Waals surface area contributed by atoms with E-state index in [1.165, 1.54) is 25.7 Å². The van der Waals surface area contributed by atoms with Crippen LogP contribution in [-0.2, 0) is 0 Å². The van der Waals surface area contributed by atoms with E-state index in [1.807, 2.05) is 11.6 Å². The molecule has 2 atom stereocenters. The third-order valence-electron chi connectivity index (χ3n) is 3.43. The van der Waals surface area contributed by atoms with Crippen LogP contribution >= 0.6 is 11.6 Å². The second kappa shape index (κ2) is 4.05. The molecule has 0 spiro atoms. The van der Waals surface area contributed by atoms with Crippen LogP contribution in [0.5, 0.6) is 0 Å². The number of nitrogen functional groups attached to an aromatic ring is 1. The van der Waals surface area contributed by atoms with E-state index in [0.717, 1.165) is 5.69 Å². The summed E-state index contributed by atoms with van der Waals surface area (Å²) in [5, 5.41) is 5.06. The van der Waals surface area contributed by atoms with Crippen molar-refractivity contribution in [1.82, 2.24) is 9.78 Å². The van der Waals surface area contributed by atoms with E-state index >= 15 is 0 Å². The molecule has 1 aromatic heterocycles. The maximum absolute atomic E-state index is 6.06. The first-order chi connectivity index (χ1) is 7.11. The highest BCUT2D eigenvalue weighted by Crippen LogP contribution is 2.36. The molecule has 0 aliphatic heterocycles. The van der Waals surface area contributed by atoms with Crippen LogP contribution in [0, 0.1) is 12.8 Å². The zero-order valence-corrected chi connectivity index (χ0v) is 10.1. The molecule has 1 aromatic rings. The van der Waals surface area contributed by atoms with Crippen molar-refractivity contribution in [1.29, 1.82) is 0 Å². The van der Waals surface area contributed by atoms with Crippen molar-refractivity contribution in [2.24, 2.45) is 5.92 Å². The molecular weight excluding hydrogens is 210 g/mol. The van der Waals surface area contributed by atoms with Gasteiger partial charge in [0.25, 0.3) is 0 Å². The summed E-state index contributed by atoms with van der Waals surface area (Å²) in [4.78, 5) is 0. The van der Waals surface area contributed by atoms with Crippen molar-refractivity contribution in [2.45, 2.75) is 45.6 Å². The molecule has 1 aliphatic rings. The molecule has 0 amide bonds. The van der Waals surface area contributed by atoms with Crippen LogP contribution in [0.25, 0.3) is 0 Å². The lowest BCUT2D eigenvalue weighted by Crippen LogP contribution is -2.23. The third kappa shape index (κ3) is 1.85. The molecular formula is C11H18ClN3. The lowest BCUT2D eigenvalue weighted by molar-refractivity contribution is 0.242. The van der Waals surface area contributed by atoms with Gasteiger partial charge in [0.2, 0.25) is 0 Å². The molecule has 1 heterocycles. The predicted octanol–water partition coefficient (Wildman–Crippen LogP) is 3.18. The van der Waals surface area contributed by atoms with E-state index in [9.17, 15) is 0 Å². The first kappa shape index (κ1) is 10.8. The van der Waals surface area contributed by atoms with Gasteiger partial charge in [0.1, 0.15) is 10.8 Å². The minimum atomic E-state index is 0.435. The minimum absolute atomic E-state index is 0.435. The lowest BCUT2D eigenvalue weighted by atomic mass is 9.86. The smallest absolute Gasteiger partial charge is 0.141 e. The molecule has 3 nitrogen and oxygen atoms in total. The molecule has 1 fully saturated rings. The van der Waals surface area contributed by atoms with Gasteiger partial charge in [-0.05, 0) is 25.7 Å². The highest BCUT2D eigenvalue weighted by atomic mass is 35.5. The highest BCUT2D eigenvalue weighted by Gasteiger charge is 2.26. The molecule has 0 bridgehead atoms. The second-order valence-electron chi connectivity index (χ2n) is 4.56. The Kier molecular flexibility index (Phi) is 2.91. The number of anilines is 1. The lowest BCUT2D eigenvalue weighted by Gasteiger charge is -2.29. The Morgan fingerprint density at radius 3 is 2.60 bits per heavy atom. The van der Waals surface area contributed by atoms with Gasteiger partial charge >= 0.3 is 0 Å². The van der Waals surface area contributed by atoms with Crippen LogP contribution in [0.4, 0.5) is 5.82 Å². The molecule has 1 saturated carbocycles. The van der Waals surface area contributed by atoms with Gasteiger partial charge in [0.15, 0.2) is 0 Å². The fourth-order valence-corrected chi connectivity index (χ4v) is 2.58. The van der Waals surface area contributed by atoms with Crippen LogP contribution in [0.15, 0.2) is 0 Å². The quantitative estimate of drug-likeness (QED) is 0.801. The average Bonchev–Trinajstić information content (AvgIpc) is 2.47. The molecule has 0 saturated heterocycles. The van der Waals surface area contributed by atoms with Crippen LogP contribution in [0.2, 0.25) is 5.02 Å². The number of nitrogens with zero attached hydrogens (tertiary/aromatic N) is 2. The van der Waals surface area contributed by atoms with Crippen molar-refractivity contribution >= 4 is 17.4 Å². The second-order valence-corrected chi connectivity index (χ2v) is 4.94. The number of aromatic nitrogens is 2. The van der Waals surface area contributed by atoms with Gasteiger partial charge in [-0.1, -0.05) is 31.4 Å². The van der Waals surface area contributed by atoms with Gasteiger partial charge < -0.3 is 5.73 Å². The van der Waals surface area contributed by atoms with Crippen LogP contribution in [0.3, 0.4) is 0 Å². The van der Waals surface area contributed by atoms with Crippen molar-refractivity contribution in [2.75, 3.05) is 5.73 Å². The molecule has 2 N–H and O–H groups in total.